The van der Waals surface area contributed by atoms with E-state index in [1.807, 2.05) is 0 Å². The Hall–Kier alpha value is -0.760. The molecule has 0 saturated heterocycles. The smallest absolute Gasteiger partial charge is 0.368 e. The quantitative estimate of drug-likeness (QED) is 0.483. The van der Waals surface area contributed by atoms with E-state index in [0.717, 1.165) is 5.69 Å². The van der Waals surface area contributed by atoms with Crippen molar-refractivity contribution in [3.05, 3.63) is 23.8 Å². The summed E-state index contributed by atoms with van der Waals surface area (Å²) in [6.07, 6.45) is 2.89. The van der Waals surface area contributed by atoms with Crippen LogP contribution in [0.1, 0.15) is 16.2 Å². The summed E-state index contributed by atoms with van der Waals surface area (Å²) in [4.78, 5) is 22.6. The fraction of sp³-hybridized carbons (Fsp3) is 0.167. The highest BCUT2D eigenvalue weighted by atomic mass is 127. The topological polar surface area (TPSA) is 78.1 Å². The first-order valence-corrected chi connectivity index (χ1v) is 4.58. The predicted octanol–water partition coefficient (Wildman–Crippen LogP) is 0.442. The molecule has 0 aliphatic carbocycles. The minimum absolute atomic E-state index is 0.131. The van der Waals surface area contributed by atoms with Gasteiger partial charge in [0.25, 0.3) is 0 Å². The summed E-state index contributed by atoms with van der Waals surface area (Å²) in [5, 5.41) is 0. The Bertz CT molecular complexity index is 292. The second-order valence-electron chi connectivity index (χ2n) is 1.93. The molecule has 1 aromatic heterocycles. The number of aromatic nitrogens is 2. The largest absolute Gasteiger partial charge is 0.377 e. The van der Waals surface area contributed by atoms with E-state index >= 15 is 0 Å². The van der Waals surface area contributed by atoms with Gasteiger partial charge in [0, 0.05) is 10.6 Å². The molecule has 0 aromatic carbocycles. The molecule has 1 aromatic rings. The molecule has 2 N–H and O–H groups in total. The lowest BCUT2D eigenvalue weighted by molar-refractivity contribution is 0.0495. The van der Waals surface area contributed by atoms with Gasteiger partial charge >= 0.3 is 5.97 Å². The number of hydrogen-bond donors (Lipinski definition) is 1. The number of alkyl halides is 1. The Kier molecular flexibility index (Phi) is 3.35. The first-order chi connectivity index (χ1) is 5.77. The van der Waals surface area contributed by atoms with Gasteiger partial charge in [-0.3, -0.25) is 4.98 Å². The van der Waals surface area contributed by atoms with Gasteiger partial charge in [0.1, 0.15) is 0 Å². The van der Waals surface area contributed by atoms with E-state index in [2.05, 4.69) is 43.3 Å². The normalized spacial score (nSPS) is 9.50. The average Bonchev–Trinajstić information content (AvgIpc) is 2.17. The van der Waals surface area contributed by atoms with Crippen molar-refractivity contribution in [2.75, 3.05) is 0 Å². The van der Waals surface area contributed by atoms with Crippen LogP contribution in [-0.4, -0.2) is 15.9 Å². The van der Waals surface area contributed by atoms with Gasteiger partial charge in [-0.2, -0.15) is 5.90 Å². The molecule has 0 unspecified atom stereocenters. The third-order valence-corrected chi connectivity index (χ3v) is 1.92. The average molecular weight is 279 g/mol. The van der Waals surface area contributed by atoms with Crippen LogP contribution in [0.25, 0.3) is 0 Å². The third-order valence-electron chi connectivity index (χ3n) is 1.14. The molecule has 0 radical (unpaired) electrons. The number of nitrogens with two attached hydrogens (primary N) is 1. The van der Waals surface area contributed by atoms with E-state index in [-0.39, 0.29) is 5.69 Å². The molecule has 0 aliphatic rings. The van der Waals surface area contributed by atoms with Gasteiger partial charge in [0.2, 0.25) is 0 Å². The monoisotopic (exact) mass is 279 g/mol. The lowest BCUT2D eigenvalue weighted by Crippen LogP contribution is -2.12. The van der Waals surface area contributed by atoms with Gasteiger partial charge in [0.15, 0.2) is 5.69 Å². The summed E-state index contributed by atoms with van der Waals surface area (Å²) in [5.41, 5.74) is 0.852. The summed E-state index contributed by atoms with van der Waals surface area (Å²) in [5.74, 6) is 4.00. The molecule has 6 heteroatoms. The van der Waals surface area contributed by atoms with E-state index in [1.165, 1.54) is 6.20 Å². The van der Waals surface area contributed by atoms with Crippen LogP contribution in [0.5, 0.6) is 0 Å². The lowest BCUT2D eigenvalue weighted by atomic mass is 10.4. The van der Waals surface area contributed by atoms with Gasteiger partial charge in [-0.05, 0) is 0 Å². The fourth-order valence-electron chi connectivity index (χ4n) is 0.629. The molecule has 0 amide bonds. The van der Waals surface area contributed by atoms with Crippen LogP contribution in [0.3, 0.4) is 0 Å². The summed E-state index contributed by atoms with van der Waals surface area (Å²) in [6, 6.07) is 0. The van der Waals surface area contributed by atoms with E-state index in [0.29, 0.717) is 4.43 Å². The molecule has 0 spiro atoms. The van der Waals surface area contributed by atoms with Gasteiger partial charge in [-0.1, -0.05) is 22.6 Å². The zero-order valence-electron chi connectivity index (χ0n) is 6.03. The van der Waals surface area contributed by atoms with Crippen LogP contribution >= 0.6 is 22.6 Å². The number of rotatable bonds is 2. The third kappa shape index (κ3) is 2.11. The minimum Gasteiger partial charge on any atom is -0.368 e. The van der Waals surface area contributed by atoms with Crippen LogP contribution in [0.2, 0.25) is 0 Å². The summed E-state index contributed by atoms with van der Waals surface area (Å²) in [7, 11) is 0. The molecule has 0 saturated carbocycles. The number of halogens is 1. The van der Waals surface area contributed by atoms with Crippen molar-refractivity contribution in [3.8, 4) is 0 Å². The maximum Gasteiger partial charge on any atom is 0.377 e. The van der Waals surface area contributed by atoms with Crippen molar-refractivity contribution < 1.29 is 9.63 Å². The number of hydrogen-bond acceptors (Lipinski definition) is 5. The van der Waals surface area contributed by atoms with Crippen LogP contribution in [0, 0.1) is 0 Å². The maximum atomic E-state index is 10.8. The van der Waals surface area contributed by atoms with Crippen LogP contribution in [0.15, 0.2) is 12.4 Å². The lowest BCUT2D eigenvalue weighted by Gasteiger charge is -1.97. The van der Waals surface area contributed by atoms with Crippen LogP contribution in [0.4, 0.5) is 0 Å². The molecule has 1 rings (SSSR count). The highest BCUT2D eigenvalue weighted by Crippen LogP contribution is 2.02. The standard InChI is InChI=1S/C6H6IN3O2/c7-1-4-2-9-3-5(10-4)6(11)12-8/h2-3H,1,8H2. The van der Waals surface area contributed by atoms with E-state index in [1.54, 1.807) is 6.20 Å². The zero-order valence-corrected chi connectivity index (χ0v) is 8.19. The van der Waals surface area contributed by atoms with Crippen molar-refractivity contribution in [3.63, 3.8) is 0 Å². The number of nitrogens with zero attached hydrogens (tertiary/aromatic N) is 2. The Morgan fingerprint density at radius 2 is 2.42 bits per heavy atom. The second kappa shape index (κ2) is 4.31. The van der Waals surface area contributed by atoms with Crippen LogP contribution < -0.4 is 5.90 Å². The molecule has 0 fully saturated rings. The number of carbonyl (C=O) groups excluding carboxylic acids is 1. The first kappa shape index (κ1) is 9.33. The molecule has 5 nitrogen and oxygen atoms in total. The zero-order chi connectivity index (χ0) is 8.97. The molecule has 12 heavy (non-hydrogen) atoms. The van der Waals surface area contributed by atoms with Crippen molar-refractivity contribution in [1.29, 1.82) is 0 Å². The fourth-order valence-corrected chi connectivity index (χ4v) is 0.997. The van der Waals surface area contributed by atoms with Crippen LogP contribution in [-0.2, 0) is 9.27 Å². The molecule has 1 heterocycles. The second-order valence-corrected chi connectivity index (χ2v) is 2.70. The van der Waals surface area contributed by atoms with Crippen molar-refractivity contribution in [1.82, 2.24) is 9.97 Å². The highest BCUT2D eigenvalue weighted by molar-refractivity contribution is 14.1. The molecule has 0 aliphatic heterocycles. The van der Waals surface area contributed by atoms with E-state index < -0.39 is 5.97 Å². The van der Waals surface area contributed by atoms with Crippen molar-refractivity contribution >= 4 is 28.6 Å². The van der Waals surface area contributed by atoms with E-state index in [4.69, 9.17) is 0 Å². The van der Waals surface area contributed by atoms with Gasteiger partial charge in [-0.25, -0.2) is 9.78 Å². The molecule has 0 atom stereocenters. The highest BCUT2D eigenvalue weighted by Gasteiger charge is 2.07. The molecule has 64 valence electrons. The van der Waals surface area contributed by atoms with Gasteiger partial charge in [0.05, 0.1) is 11.9 Å². The number of carbonyl (C=O) groups is 1. The Balaban J connectivity index is 2.93. The maximum absolute atomic E-state index is 10.8. The predicted molar refractivity (Wildman–Crippen MR) is 49.4 cm³/mol. The molecule has 0 bridgehead atoms. The van der Waals surface area contributed by atoms with Gasteiger partial charge < -0.3 is 4.84 Å². The van der Waals surface area contributed by atoms with Crippen molar-refractivity contribution in [2.24, 2.45) is 5.90 Å². The Morgan fingerprint density at radius 1 is 1.67 bits per heavy atom. The Labute approximate surface area is 82.4 Å². The first-order valence-electron chi connectivity index (χ1n) is 3.06. The molecular weight excluding hydrogens is 273 g/mol. The summed E-state index contributed by atoms with van der Waals surface area (Å²) < 4.78 is 0.691. The minimum atomic E-state index is -0.672. The molecular formula is C6H6IN3O2. The SMILES string of the molecule is NOC(=O)c1cncc(CI)n1. The Morgan fingerprint density at radius 3 is 3.00 bits per heavy atom. The summed E-state index contributed by atoms with van der Waals surface area (Å²) in [6.45, 7) is 0. The van der Waals surface area contributed by atoms with E-state index in [9.17, 15) is 4.79 Å². The van der Waals surface area contributed by atoms with Crippen molar-refractivity contribution in [2.45, 2.75) is 4.43 Å². The summed E-state index contributed by atoms with van der Waals surface area (Å²) >= 11 is 2.12. The van der Waals surface area contributed by atoms with Gasteiger partial charge in [-0.15, -0.1) is 0 Å².